The molecule has 1 unspecified atom stereocenters. The number of nitrogens with zero attached hydrogens (tertiary/aromatic N) is 2. The third kappa shape index (κ3) is 3.53. The van der Waals surface area contributed by atoms with Gasteiger partial charge in [0, 0.05) is 9.75 Å². The summed E-state index contributed by atoms with van der Waals surface area (Å²) in [5.41, 5.74) is 0.870. The van der Waals surface area contributed by atoms with E-state index in [0.717, 1.165) is 20.1 Å². The van der Waals surface area contributed by atoms with Crippen molar-refractivity contribution >= 4 is 32.9 Å². The summed E-state index contributed by atoms with van der Waals surface area (Å²) in [6.45, 7) is 4.76. The van der Waals surface area contributed by atoms with Crippen LogP contribution in [-0.2, 0) is 17.9 Å². The number of aliphatic hydroxyl groups is 1. The normalized spacial score (nSPS) is 12.8. The minimum absolute atomic E-state index is 0.103. The molecule has 3 heterocycles. The van der Waals surface area contributed by atoms with E-state index in [-0.39, 0.29) is 18.7 Å². The molecule has 0 fully saturated rings. The zero-order valence-electron chi connectivity index (χ0n) is 13.0. The molecule has 23 heavy (non-hydrogen) atoms. The number of aryl methyl sites for hydroxylation is 2. The second-order valence-corrected chi connectivity index (χ2v) is 7.65. The molecule has 0 aliphatic rings. The van der Waals surface area contributed by atoms with Crippen LogP contribution in [-0.4, -0.2) is 27.4 Å². The molecule has 3 rings (SSSR count). The van der Waals surface area contributed by atoms with Gasteiger partial charge in [0.2, 0.25) is 0 Å². The van der Waals surface area contributed by atoms with Gasteiger partial charge in [0.05, 0.1) is 37.6 Å². The predicted octanol–water partition coefficient (Wildman–Crippen LogP) is 2.71. The first-order valence-corrected chi connectivity index (χ1v) is 8.99. The Morgan fingerprint density at radius 2 is 2.26 bits per heavy atom. The second-order valence-electron chi connectivity index (χ2n) is 5.41. The van der Waals surface area contributed by atoms with E-state index in [2.05, 4.69) is 4.98 Å². The molecule has 3 aromatic heterocycles. The van der Waals surface area contributed by atoms with Crippen molar-refractivity contribution in [3.63, 3.8) is 0 Å². The Balaban J connectivity index is 1.67. The molecule has 0 radical (unpaired) electrons. The average molecular weight is 350 g/mol. The minimum Gasteiger partial charge on any atom is -0.389 e. The number of rotatable bonds is 6. The summed E-state index contributed by atoms with van der Waals surface area (Å²) in [4.78, 5) is 19.8. The molecule has 0 aliphatic carbocycles. The first-order valence-electron chi connectivity index (χ1n) is 7.29. The Bertz CT molecular complexity index is 852. The maximum absolute atomic E-state index is 12.5. The van der Waals surface area contributed by atoms with E-state index in [1.54, 1.807) is 11.3 Å². The van der Waals surface area contributed by atoms with Gasteiger partial charge in [-0.15, -0.1) is 22.7 Å². The SMILES string of the molecule is Cc1sc2ncn(CC(O)COCc3cccs3)c(=O)c2c1C. The fraction of sp³-hybridized carbons (Fsp3) is 0.375. The summed E-state index contributed by atoms with van der Waals surface area (Å²) >= 11 is 3.14. The van der Waals surface area contributed by atoms with Crippen molar-refractivity contribution in [1.82, 2.24) is 9.55 Å². The van der Waals surface area contributed by atoms with Gasteiger partial charge in [-0.05, 0) is 30.9 Å². The van der Waals surface area contributed by atoms with Gasteiger partial charge in [0.1, 0.15) is 4.83 Å². The standard InChI is InChI=1S/C16H18N2O3S2/c1-10-11(2)23-15-14(10)16(20)18(9-17-15)6-12(19)7-21-8-13-4-3-5-22-13/h3-5,9,12,19H,6-8H2,1-2H3. The molecule has 7 heteroatoms. The lowest BCUT2D eigenvalue weighted by atomic mass is 10.2. The van der Waals surface area contributed by atoms with Crippen LogP contribution in [0.25, 0.3) is 10.2 Å². The number of ether oxygens (including phenoxy) is 1. The van der Waals surface area contributed by atoms with Crippen LogP contribution in [0.4, 0.5) is 0 Å². The Labute approximate surface area is 141 Å². The van der Waals surface area contributed by atoms with Gasteiger partial charge in [0.25, 0.3) is 5.56 Å². The first kappa shape index (κ1) is 16.3. The van der Waals surface area contributed by atoms with Crippen LogP contribution in [0.15, 0.2) is 28.6 Å². The molecule has 0 aliphatic heterocycles. The van der Waals surface area contributed by atoms with E-state index in [1.165, 1.54) is 22.2 Å². The largest absolute Gasteiger partial charge is 0.389 e. The van der Waals surface area contributed by atoms with E-state index >= 15 is 0 Å². The number of hydrogen-bond acceptors (Lipinski definition) is 6. The third-order valence-electron chi connectivity index (χ3n) is 3.70. The van der Waals surface area contributed by atoms with Gasteiger partial charge >= 0.3 is 0 Å². The maximum atomic E-state index is 12.5. The quantitative estimate of drug-likeness (QED) is 0.742. The molecular weight excluding hydrogens is 332 g/mol. The molecule has 122 valence electrons. The lowest BCUT2D eigenvalue weighted by Gasteiger charge is -2.12. The Morgan fingerprint density at radius 3 is 3.00 bits per heavy atom. The highest BCUT2D eigenvalue weighted by molar-refractivity contribution is 7.18. The van der Waals surface area contributed by atoms with Crippen LogP contribution in [0.5, 0.6) is 0 Å². The van der Waals surface area contributed by atoms with Crippen molar-refractivity contribution in [3.05, 3.63) is 49.5 Å². The maximum Gasteiger partial charge on any atom is 0.262 e. The summed E-state index contributed by atoms with van der Waals surface area (Å²) < 4.78 is 6.95. The topological polar surface area (TPSA) is 64.3 Å². The fourth-order valence-electron chi connectivity index (χ4n) is 2.37. The van der Waals surface area contributed by atoms with Crippen LogP contribution in [0.2, 0.25) is 0 Å². The summed E-state index contributed by atoms with van der Waals surface area (Å²) in [5, 5.41) is 12.7. The minimum atomic E-state index is -0.744. The highest BCUT2D eigenvalue weighted by Gasteiger charge is 2.14. The van der Waals surface area contributed by atoms with Crippen molar-refractivity contribution in [2.45, 2.75) is 33.1 Å². The van der Waals surface area contributed by atoms with Gasteiger partial charge in [0.15, 0.2) is 0 Å². The van der Waals surface area contributed by atoms with E-state index in [4.69, 9.17) is 4.74 Å². The zero-order chi connectivity index (χ0) is 16.4. The Kier molecular flexibility index (Phi) is 4.91. The molecule has 0 aromatic carbocycles. The van der Waals surface area contributed by atoms with Crippen molar-refractivity contribution < 1.29 is 9.84 Å². The third-order valence-corrected chi connectivity index (χ3v) is 5.66. The fourth-order valence-corrected chi connectivity index (χ4v) is 4.00. The Morgan fingerprint density at radius 1 is 1.43 bits per heavy atom. The predicted molar refractivity (Wildman–Crippen MR) is 93.3 cm³/mol. The van der Waals surface area contributed by atoms with Gasteiger partial charge in [-0.1, -0.05) is 6.07 Å². The average Bonchev–Trinajstić information content (AvgIpc) is 3.12. The van der Waals surface area contributed by atoms with Crippen LogP contribution in [0.3, 0.4) is 0 Å². The number of thiophene rings is 2. The molecule has 0 saturated carbocycles. The number of hydrogen-bond donors (Lipinski definition) is 1. The summed E-state index contributed by atoms with van der Waals surface area (Å²) in [7, 11) is 0. The molecule has 0 bridgehead atoms. The second kappa shape index (κ2) is 6.92. The van der Waals surface area contributed by atoms with E-state index in [0.29, 0.717) is 12.0 Å². The highest BCUT2D eigenvalue weighted by Crippen LogP contribution is 2.25. The molecule has 1 atom stereocenters. The van der Waals surface area contributed by atoms with Crippen molar-refractivity contribution in [3.8, 4) is 0 Å². The smallest absolute Gasteiger partial charge is 0.262 e. The Hall–Kier alpha value is -1.54. The van der Waals surface area contributed by atoms with Gasteiger partial charge in [-0.3, -0.25) is 9.36 Å². The lowest BCUT2D eigenvalue weighted by Crippen LogP contribution is -2.29. The number of aromatic nitrogens is 2. The molecule has 5 nitrogen and oxygen atoms in total. The first-order chi connectivity index (χ1) is 11.1. The number of aliphatic hydroxyl groups excluding tert-OH is 1. The van der Waals surface area contributed by atoms with Crippen LogP contribution in [0.1, 0.15) is 15.3 Å². The van der Waals surface area contributed by atoms with Crippen LogP contribution < -0.4 is 5.56 Å². The lowest BCUT2D eigenvalue weighted by molar-refractivity contribution is 0.0207. The van der Waals surface area contributed by atoms with Crippen molar-refractivity contribution in [2.75, 3.05) is 6.61 Å². The van der Waals surface area contributed by atoms with Crippen LogP contribution in [0, 0.1) is 13.8 Å². The van der Waals surface area contributed by atoms with E-state index < -0.39 is 6.10 Å². The monoisotopic (exact) mass is 350 g/mol. The highest BCUT2D eigenvalue weighted by atomic mass is 32.1. The van der Waals surface area contributed by atoms with Crippen molar-refractivity contribution in [1.29, 1.82) is 0 Å². The molecular formula is C16H18N2O3S2. The summed E-state index contributed by atoms with van der Waals surface area (Å²) in [6, 6.07) is 3.95. The van der Waals surface area contributed by atoms with Gasteiger partial charge < -0.3 is 9.84 Å². The molecule has 0 amide bonds. The molecule has 1 N–H and O–H groups in total. The van der Waals surface area contributed by atoms with Crippen LogP contribution >= 0.6 is 22.7 Å². The molecule has 0 spiro atoms. The van der Waals surface area contributed by atoms with E-state index in [9.17, 15) is 9.90 Å². The summed E-state index contributed by atoms with van der Waals surface area (Å²) in [5.74, 6) is 0. The summed E-state index contributed by atoms with van der Waals surface area (Å²) in [6.07, 6.45) is 0.759. The molecule has 3 aromatic rings. The van der Waals surface area contributed by atoms with Gasteiger partial charge in [-0.25, -0.2) is 4.98 Å². The zero-order valence-corrected chi connectivity index (χ0v) is 14.6. The molecule has 0 saturated heterocycles. The van der Waals surface area contributed by atoms with E-state index in [1.807, 2.05) is 31.4 Å². The number of fused-ring (bicyclic) bond motifs is 1. The van der Waals surface area contributed by atoms with Crippen molar-refractivity contribution in [2.24, 2.45) is 0 Å². The van der Waals surface area contributed by atoms with Gasteiger partial charge in [-0.2, -0.15) is 0 Å².